The van der Waals surface area contributed by atoms with Crippen molar-refractivity contribution in [1.29, 1.82) is 0 Å². The number of rotatable bonds is 8. The zero-order chi connectivity index (χ0) is 32.1. The molecule has 44 heavy (non-hydrogen) atoms. The van der Waals surface area contributed by atoms with Crippen LogP contribution in [-0.2, 0) is 22.6 Å². The van der Waals surface area contributed by atoms with Gasteiger partial charge in [0.2, 0.25) is 5.91 Å². The van der Waals surface area contributed by atoms with Crippen molar-refractivity contribution in [3.63, 3.8) is 0 Å². The minimum atomic E-state index is -4.17. The van der Waals surface area contributed by atoms with Crippen molar-refractivity contribution >= 4 is 33.4 Å². The number of amides is 1. The molecule has 7 nitrogen and oxygen atoms in total. The van der Waals surface area contributed by atoms with Crippen molar-refractivity contribution in [2.75, 3.05) is 33.7 Å². The first kappa shape index (κ1) is 32.9. The summed E-state index contributed by atoms with van der Waals surface area (Å²) in [5, 5.41) is 13.6. The smallest absolute Gasteiger partial charge is 0.401 e. The van der Waals surface area contributed by atoms with Crippen molar-refractivity contribution in [3.05, 3.63) is 78.0 Å². The summed E-state index contributed by atoms with van der Waals surface area (Å²) >= 11 is 0. The van der Waals surface area contributed by atoms with Crippen LogP contribution in [0.15, 0.2) is 66.9 Å². The van der Waals surface area contributed by atoms with Crippen molar-refractivity contribution in [3.8, 4) is 11.3 Å². The number of nitrogens with two attached hydrogens (primary N) is 1. The van der Waals surface area contributed by atoms with Gasteiger partial charge in [-0.1, -0.05) is 61.5 Å². The highest BCUT2D eigenvalue weighted by Crippen LogP contribution is 2.35. The number of primary amides is 1. The number of carbonyl (C=O) groups is 2. The fourth-order valence-electron chi connectivity index (χ4n) is 5.71. The Morgan fingerprint density at radius 2 is 1.52 bits per heavy atom. The molecule has 0 unspecified atom stereocenters. The fraction of sp³-hybridized carbons (Fsp3) is 0.382. The van der Waals surface area contributed by atoms with Gasteiger partial charge in [-0.15, -0.1) is 0 Å². The van der Waals surface area contributed by atoms with Crippen LogP contribution in [0.25, 0.3) is 32.8 Å². The molecule has 0 saturated carbocycles. The number of hydrogen-bond acceptors (Lipinski definition) is 5. The maximum atomic E-state index is 12.1. The summed E-state index contributed by atoms with van der Waals surface area (Å²) in [6.45, 7) is 2.23. The minimum absolute atomic E-state index is 0.129. The van der Waals surface area contributed by atoms with E-state index in [0.29, 0.717) is 19.3 Å². The molecular weight excluding hydrogens is 569 g/mol. The van der Waals surface area contributed by atoms with Crippen LogP contribution in [0.3, 0.4) is 0 Å². The number of carbonyl (C=O) groups excluding carboxylic acids is 1. The number of benzene rings is 3. The Morgan fingerprint density at radius 3 is 2.14 bits per heavy atom. The molecule has 0 radical (unpaired) electrons. The number of carboxylic acids is 1. The van der Waals surface area contributed by atoms with E-state index in [0.717, 1.165) is 39.5 Å². The molecule has 1 saturated heterocycles. The summed E-state index contributed by atoms with van der Waals surface area (Å²) in [5.74, 6) is -1.20. The number of aliphatic carboxylic acids is 1. The monoisotopic (exact) mass is 608 g/mol. The predicted octanol–water partition coefficient (Wildman–Crippen LogP) is 6.27. The van der Waals surface area contributed by atoms with Crippen LogP contribution in [0.5, 0.6) is 0 Å². The number of aromatic nitrogens is 1. The zero-order valence-corrected chi connectivity index (χ0v) is 25.3. The standard InChI is InChI=1S/C25H24N2O2.C9H15F3N2O/c1-27(2)16-18-7-4-10-22-20(18)14-15-26-25(22)23-11-5-8-19-17(12-13-24(28)29)6-3-9-21(19)23;1-8(7(13)15)2-4-14(5-3-8)6-9(10,11)12/h3-11,14-15H,12-13,16H2,1-2H3,(H,28,29);2-6H2,1H3,(H2,13,15). The second-order valence-corrected chi connectivity index (χ2v) is 11.9. The van der Waals surface area contributed by atoms with E-state index in [1.165, 1.54) is 15.8 Å². The molecule has 1 aliphatic heterocycles. The van der Waals surface area contributed by atoms with Crippen LogP contribution >= 0.6 is 0 Å². The van der Waals surface area contributed by atoms with Crippen LogP contribution < -0.4 is 5.73 Å². The Morgan fingerprint density at radius 1 is 0.932 bits per heavy atom. The molecule has 3 N–H and O–H groups in total. The van der Waals surface area contributed by atoms with Crippen LogP contribution in [0.4, 0.5) is 13.2 Å². The second-order valence-electron chi connectivity index (χ2n) is 11.9. The number of halogens is 3. The Balaban J connectivity index is 0.000000249. The normalized spacial score (nSPS) is 15.2. The average Bonchev–Trinajstić information content (AvgIpc) is 2.96. The van der Waals surface area contributed by atoms with Gasteiger partial charge in [0, 0.05) is 35.5 Å². The SMILES string of the molecule is CC1(C(N)=O)CCN(CC(F)(F)F)CC1.CN(C)Cc1cccc2c(-c3cccc4c(CCC(=O)O)cccc34)nccc12. The van der Waals surface area contributed by atoms with Gasteiger partial charge in [0.15, 0.2) is 0 Å². The lowest BCUT2D eigenvalue weighted by atomic mass is 9.80. The molecule has 1 fully saturated rings. The predicted molar refractivity (Wildman–Crippen MR) is 167 cm³/mol. The van der Waals surface area contributed by atoms with Gasteiger partial charge in [-0.3, -0.25) is 19.5 Å². The van der Waals surface area contributed by atoms with Gasteiger partial charge in [-0.25, -0.2) is 0 Å². The van der Waals surface area contributed by atoms with Crippen LogP contribution in [0.1, 0.15) is 37.3 Å². The Bertz CT molecular complexity index is 1630. The third kappa shape index (κ3) is 8.12. The Kier molecular flexibility index (Phi) is 10.3. The minimum Gasteiger partial charge on any atom is -0.481 e. The highest BCUT2D eigenvalue weighted by Gasteiger charge is 2.38. The van der Waals surface area contributed by atoms with Crippen LogP contribution in [-0.4, -0.2) is 71.7 Å². The molecule has 0 bridgehead atoms. The molecule has 3 aromatic carbocycles. The molecule has 4 aromatic rings. The molecule has 2 heterocycles. The Hall–Kier alpha value is -4.02. The van der Waals surface area contributed by atoms with E-state index in [2.05, 4.69) is 61.5 Å². The number of likely N-dealkylation sites (tertiary alicyclic amines) is 1. The summed E-state index contributed by atoms with van der Waals surface area (Å²) in [7, 11) is 4.15. The third-order valence-corrected chi connectivity index (χ3v) is 8.22. The number of aryl methyl sites for hydroxylation is 1. The largest absolute Gasteiger partial charge is 0.481 e. The second kappa shape index (κ2) is 13.7. The first-order valence-electron chi connectivity index (χ1n) is 14.6. The number of carboxylic acid groups (broad SMARTS) is 1. The lowest BCUT2D eigenvalue weighted by molar-refractivity contribution is -0.152. The van der Waals surface area contributed by atoms with Crippen LogP contribution in [0, 0.1) is 5.41 Å². The summed E-state index contributed by atoms with van der Waals surface area (Å²) in [6, 6.07) is 20.8. The van der Waals surface area contributed by atoms with E-state index < -0.39 is 30.0 Å². The number of hydrogen-bond donors (Lipinski definition) is 2. The molecule has 1 aliphatic rings. The quantitative estimate of drug-likeness (QED) is 0.245. The molecule has 10 heteroatoms. The highest BCUT2D eigenvalue weighted by atomic mass is 19.4. The summed E-state index contributed by atoms with van der Waals surface area (Å²) < 4.78 is 36.2. The number of fused-ring (bicyclic) bond motifs is 2. The molecule has 1 aromatic heterocycles. The molecule has 0 spiro atoms. The van der Waals surface area contributed by atoms with Crippen molar-refractivity contribution < 1.29 is 27.9 Å². The van der Waals surface area contributed by atoms with Gasteiger partial charge in [0.25, 0.3) is 0 Å². The Labute approximate surface area is 255 Å². The maximum absolute atomic E-state index is 12.1. The summed E-state index contributed by atoms with van der Waals surface area (Å²) in [5.41, 5.74) is 8.93. The van der Waals surface area contributed by atoms with E-state index in [1.54, 1.807) is 6.92 Å². The summed E-state index contributed by atoms with van der Waals surface area (Å²) in [4.78, 5) is 30.3. The number of piperidine rings is 1. The first-order chi connectivity index (χ1) is 20.8. The topological polar surface area (TPSA) is 99.8 Å². The van der Waals surface area contributed by atoms with Crippen LogP contribution in [0.2, 0.25) is 0 Å². The van der Waals surface area contributed by atoms with Gasteiger partial charge in [0.05, 0.1) is 12.2 Å². The fourth-order valence-corrected chi connectivity index (χ4v) is 5.71. The van der Waals surface area contributed by atoms with E-state index >= 15 is 0 Å². The summed E-state index contributed by atoms with van der Waals surface area (Å²) in [6.07, 6.45) is -0.836. The molecule has 234 valence electrons. The number of nitrogens with zero attached hydrogens (tertiary/aromatic N) is 3. The third-order valence-electron chi connectivity index (χ3n) is 8.22. The maximum Gasteiger partial charge on any atom is 0.401 e. The van der Waals surface area contributed by atoms with E-state index in [4.69, 9.17) is 15.8 Å². The van der Waals surface area contributed by atoms with Crippen molar-refractivity contribution in [2.24, 2.45) is 11.1 Å². The molecular formula is C34H39F3N4O3. The van der Waals surface area contributed by atoms with Gasteiger partial charge in [0.1, 0.15) is 0 Å². The lowest BCUT2D eigenvalue weighted by Gasteiger charge is -2.37. The molecule has 0 atom stereocenters. The van der Waals surface area contributed by atoms with Gasteiger partial charge < -0.3 is 15.7 Å². The van der Waals surface area contributed by atoms with E-state index in [9.17, 15) is 22.8 Å². The highest BCUT2D eigenvalue weighted by molar-refractivity contribution is 6.05. The van der Waals surface area contributed by atoms with E-state index in [-0.39, 0.29) is 19.5 Å². The molecule has 5 rings (SSSR count). The van der Waals surface area contributed by atoms with Gasteiger partial charge in [-0.05, 0) is 79.8 Å². The molecule has 1 amide bonds. The van der Waals surface area contributed by atoms with E-state index in [1.807, 2.05) is 24.4 Å². The van der Waals surface area contributed by atoms with Crippen molar-refractivity contribution in [1.82, 2.24) is 14.8 Å². The first-order valence-corrected chi connectivity index (χ1v) is 14.6. The molecule has 0 aliphatic carbocycles. The van der Waals surface area contributed by atoms with Gasteiger partial charge >= 0.3 is 12.1 Å². The lowest BCUT2D eigenvalue weighted by Crippen LogP contribution is -2.47. The zero-order valence-electron chi connectivity index (χ0n) is 25.3. The average molecular weight is 609 g/mol. The number of pyridine rings is 1. The number of alkyl halides is 3. The van der Waals surface area contributed by atoms with Crippen molar-refractivity contribution in [2.45, 2.75) is 45.3 Å². The van der Waals surface area contributed by atoms with Gasteiger partial charge in [-0.2, -0.15) is 13.2 Å².